The smallest absolute Gasteiger partial charge is 0.193 e. The summed E-state index contributed by atoms with van der Waals surface area (Å²) < 4.78 is 17.0. The maximum Gasteiger partial charge on any atom is 0.193 e. The molecule has 1 heterocycles. The van der Waals surface area contributed by atoms with E-state index in [1.165, 1.54) is 0 Å². The molecule has 0 radical (unpaired) electrons. The zero-order valence-electron chi connectivity index (χ0n) is 16.5. The number of benzene rings is 1. The summed E-state index contributed by atoms with van der Waals surface area (Å²) in [4.78, 5) is 6.77. The van der Waals surface area contributed by atoms with E-state index in [1.807, 2.05) is 31.3 Å². The van der Waals surface area contributed by atoms with Gasteiger partial charge < -0.3 is 24.4 Å². The Hall–Kier alpha value is -1.50. The predicted octanol–water partition coefficient (Wildman–Crippen LogP) is 3.20. The molecule has 1 aliphatic rings. The molecule has 0 aromatic heterocycles. The summed E-state index contributed by atoms with van der Waals surface area (Å²) in [6.07, 6.45) is 3.27. The molecule has 1 aliphatic heterocycles. The van der Waals surface area contributed by atoms with Crippen LogP contribution in [0.5, 0.6) is 5.75 Å². The number of halogens is 1. The topological polar surface area (TPSA) is 55.3 Å². The Balaban J connectivity index is 1.66. The zero-order chi connectivity index (χ0) is 19.3. The number of rotatable bonds is 10. The van der Waals surface area contributed by atoms with E-state index in [0.717, 1.165) is 70.4 Å². The largest absolute Gasteiger partial charge is 0.492 e. The molecule has 0 bridgehead atoms. The fraction of sp³-hybridized carbons (Fsp3) is 0.650. The van der Waals surface area contributed by atoms with Crippen LogP contribution >= 0.6 is 11.6 Å². The van der Waals surface area contributed by atoms with Crippen molar-refractivity contribution in [2.75, 3.05) is 53.1 Å². The van der Waals surface area contributed by atoms with Crippen LogP contribution in [0.15, 0.2) is 29.3 Å². The number of hydrogen-bond donors (Lipinski definition) is 1. The number of likely N-dealkylation sites (N-methyl/N-ethyl adjacent to an activating group) is 1. The maximum atomic E-state index is 5.89. The van der Waals surface area contributed by atoms with E-state index in [1.54, 1.807) is 0 Å². The highest BCUT2D eigenvalue weighted by Crippen LogP contribution is 2.15. The SMILES string of the molecule is CCNC(=NCCCOC1CCOCC1)N(C)CCOc1ccc(Cl)cc1. The van der Waals surface area contributed by atoms with Crippen molar-refractivity contribution >= 4 is 17.6 Å². The minimum Gasteiger partial charge on any atom is -0.492 e. The molecule has 6 nitrogen and oxygen atoms in total. The van der Waals surface area contributed by atoms with Crippen molar-refractivity contribution in [1.82, 2.24) is 10.2 Å². The first-order valence-electron chi connectivity index (χ1n) is 9.76. The van der Waals surface area contributed by atoms with Gasteiger partial charge in [-0.1, -0.05) is 11.6 Å². The highest BCUT2D eigenvalue weighted by Gasteiger charge is 2.13. The zero-order valence-corrected chi connectivity index (χ0v) is 17.2. The molecule has 0 saturated carbocycles. The average molecular weight is 398 g/mol. The van der Waals surface area contributed by atoms with Gasteiger partial charge in [-0.3, -0.25) is 4.99 Å². The lowest BCUT2D eigenvalue weighted by Gasteiger charge is -2.23. The lowest BCUT2D eigenvalue weighted by molar-refractivity contribution is -0.0318. The van der Waals surface area contributed by atoms with Crippen LogP contribution in [0.25, 0.3) is 0 Å². The maximum absolute atomic E-state index is 5.89. The first kappa shape index (κ1) is 21.8. The summed E-state index contributed by atoms with van der Waals surface area (Å²) >= 11 is 5.89. The summed E-state index contributed by atoms with van der Waals surface area (Å²) in [5.74, 6) is 1.71. The van der Waals surface area contributed by atoms with E-state index < -0.39 is 0 Å². The molecule has 0 aliphatic carbocycles. The van der Waals surface area contributed by atoms with Crippen LogP contribution in [-0.4, -0.2) is 70.1 Å². The van der Waals surface area contributed by atoms with E-state index in [2.05, 4.69) is 22.1 Å². The first-order valence-corrected chi connectivity index (χ1v) is 10.1. The average Bonchev–Trinajstić information content (AvgIpc) is 2.69. The highest BCUT2D eigenvalue weighted by molar-refractivity contribution is 6.30. The van der Waals surface area contributed by atoms with E-state index >= 15 is 0 Å². The van der Waals surface area contributed by atoms with Crippen LogP contribution in [0.3, 0.4) is 0 Å². The first-order chi connectivity index (χ1) is 13.2. The second-order valence-electron chi connectivity index (χ2n) is 6.50. The molecule has 1 saturated heterocycles. The van der Waals surface area contributed by atoms with Gasteiger partial charge in [0, 0.05) is 45.0 Å². The van der Waals surface area contributed by atoms with Crippen LogP contribution in [-0.2, 0) is 9.47 Å². The van der Waals surface area contributed by atoms with E-state index in [9.17, 15) is 0 Å². The molecule has 2 rings (SSSR count). The fourth-order valence-electron chi connectivity index (χ4n) is 2.75. The molecular formula is C20H32ClN3O3. The molecule has 0 atom stereocenters. The van der Waals surface area contributed by atoms with Crippen LogP contribution in [0.2, 0.25) is 5.02 Å². The van der Waals surface area contributed by atoms with Crippen molar-refractivity contribution in [2.45, 2.75) is 32.3 Å². The number of nitrogens with zero attached hydrogens (tertiary/aromatic N) is 2. The Morgan fingerprint density at radius 1 is 1.26 bits per heavy atom. The normalized spacial score (nSPS) is 15.6. The molecule has 152 valence electrons. The van der Waals surface area contributed by atoms with Gasteiger partial charge in [-0.25, -0.2) is 0 Å². The monoisotopic (exact) mass is 397 g/mol. The van der Waals surface area contributed by atoms with Gasteiger partial charge in [0.1, 0.15) is 12.4 Å². The van der Waals surface area contributed by atoms with Gasteiger partial charge in [0.15, 0.2) is 5.96 Å². The van der Waals surface area contributed by atoms with Gasteiger partial charge in [-0.15, -0.1) is 0 Å². The van der Waals surface area contributed by atoms with Gasteiger partial charge >= 0.3 is 0 Å². The van der Waals surface area contributed by atoms with Crippen molar-refractivity contribution in [2.24, 2.45) is 4.99 Å². The van der Waals surface area contributed by atoms with Crippen LogP contribution in [0.1, 0.15) is 26.2 Å². The van der Waals surface area contributed by atoms with Crippen LogP contribution < -0.4 is 10.1 Å². The molecule has 1 N–H and O–H groups in total. The molecular weight excluding hydrogens is 366 g/mol. The van der Waals surface area contributed by atoms with Crippen molar-refractivity contribution in [1.29, 1.82) is 0 Å². The molecule has 7 heteroatoms. The number of ether oxygens (including phenoxy) is 3. The summed E-state index contributed by atoms with van der Waals surface area (Å²) in [5.41, 5.74) is 0. The van der Waals surface area contributed by atoms with Gasteiger partial charge in [-0.2, -0.15) is 0 Å². The Bertz CT molecular complexity index is 548. The molecule has 1 aromatic carbocycles. The minimum atomic E-state index is 0.351. The second kappa shape index (κ2) is 12.8. The second-order valence-corrected chi connectivity index (χ2v) is 6.93. The molecule has 1 aromatic rings. The molecule has 0 amide bonds. The lowest BCUT2D eigenvalue weighted by atomic mass is 10.1. The number of guanidine groups is 1. The van der Waals surface area contributed by atoms with Crippen LogP contribution in [0, 0.1) is 0 Å². The Morgan fingerprint density at radius 3 is 2.70 bits per heavy atom. The van der Waals surface area contributed by atoms with E-state index in [4.69, 9.17) is 25.8 Å². The third-order valence-corrected chi connectivity index (χ3v) is 4.54. The van der Waals surface area contributed by atoms with Crippen LogP contribution in [0.4, 0.5) is 0 Å². The van der Waals surface area contributed by atoms with Gasteiger partial charge in [0.25, 0.3) is 0 Å². The lowest BCUT2D eigenvalue weighted by Crippen LogP contribution is -2.41. The quantitative estimate of drug-likeness (QED) is 0.373. The summed E-state index contributed by atoms with van der Waals surface area (Å²) in [5, 5.41) is 4.03. The fourth-order valence-corrected chi connectivity index (χ4v) is 2.87. The van der Waals surface area contributed by atoms with Crippen molar-refractivity contribution in [3.8, 4) is 5.75 Å². The highest BCUT2D eigenvalue weighted by atomic mass is 35.5. The van der Waals surface area contributed by atoms with Gasteiger partial charge in [0.2, 0.25) is 0 Å². The van der Waals surface area contributed by atoms with E-state index in [0.29, 0.717) is 17.7 Å². The van der Waals surface area contributed by atoms with Crippen molar-refractivity contribution < 1.29 is 14.2 Å². The van der Waals surface area contributed by atoms with Gasteiger partial charge in [0.05, 0.1) is 12.6 Å². The standard InChI is InChI=1S/C20H32ClN3O3/c1-3-22-20(23-11-4-13-26-19-9-14-25-15-10-19)24(2)12-16-27-18-7-5-17(21)6-8-18/h5-8,19H,3-4,9-16H2,1-2H3,(H,22,23). The summed E-state index contributed by atoms with van der Waals surface area (Å²) in [6, 6.07) is 7.41. The van der Waals surface area contributed by atoms with Crippen molar-refractivity contribution in [3.63, 3.8) is 0 Å². The Labute approximate surface area is 167 Å². The summed E-state index contributed by atoms with van der Waals surface area (Å²) in [6.45, 7) is 7.35. The number of hydrogen-bond acceptors (Lipinski definition) is 4. The summed E-state index contributed by atoms with van der Waals surface area (Å²) in [7, 11) is 2.02. The third-order valence-electron chi connectivity index (χ3n) is 4.29. The Kier molecular flexibility index (Phi) is 10.3. The molecule has 1 fully saturated rings. The predicted molar refractivity (Wildman–Crippen MR) is 110 cm³/mol. The Morgan fingerprint density at radius 2 is 2.00 bits per heavy atom. The number of nitrogens with one attached hydrogen (secondary N) is 1. The molecule has 0 unspecified atom stereocenters. The minimum absolute atomic E-state index is 0.351. The molecule has 27 heavy (non-hydrogen) atoms. The number of aliphatic imine (C=N–C) groups is 1. The molecule has 0 spiro atoms. The van der Waals surface area contributed by atoms with Crippen molar-refractivity contribution in [3.05, 3.63) is 29.3 Å². The van der Waals surface area contributed by atoms with E-state index in [-0.39, 0.29) is 0 Å². The third kappa shape index (κ3) is 8.82. The van der Waals surface area contributed by atoms with Gasteiger partial charge in [-0.05, 0) is 50.5 Å².